The van der Waals surface area contributed by atoms with Crippen LogP contribution in [0.4, 0.5) is 0 Å². The maximum absolute atomic E-state index is 14.2. The van der Waals surface area contributed by atoms with Gasteiger partial charge in [0.2, 0.25) is 10.0 Å². The molecule has 0 spiro atoms. The van der Waals surface area contributed by atoms with E-state index in [4.69, 9.17) is 0 Å². The van der Waals surface area contributed by atoms with E-state index in [0.717, 1.165) is 10.4 Å². The number of amides is 2. The van der Waals surface area contributed by atoms with E-state index in [1.807, 2.05) is 35.0 Å². The minimum absolute atomic E-state index is 0.000916. The van der Waals surface area contributed by atoms with E-state index in [0.29, 0.717) is 16.9 Å². The van der Waals surface area contributed by atoms with Crippen molar-refractivity contribution < 1.29 is 22.8 Å². The average Bonchev–Trinajstić information content (AvgIpc) is 3.80. The maximum Gasteiger partial charge on any atom is 0.254 e. The van der Waals surface area contributed by atoms with Gasteiger partial charge in [0.1, 0.15) is 10.9 Å². The molecule has 210 valence electrons. The van der Waals surface area contributed by atoms with Gasteiger partial charge < -0.3 is 10.2 Å². The van der Waals surface area contributed by atoms with Gasteiger partial charge in [-0.05, 0) is 66.1 Å². The second-order valence-electron chi connectivity index (χ2n) is 10.1. The predicted octanol–water partition coefficient (Wildman–Crippen LogP) is 3.76. The number of hydrogen-bond donors (Lipinski definition) is 1. The SMILES string of the molecule is CC(NC(=O)c1ccc(-c2cccs2)cc1)(C(=O)N1CCC2C1C(=O)CN2S(=O)(=O)c1cccnc1)c1cccs1. The first-order chi connectivity index (χ1) is 19.7. The zero-order valence-electron chi connectivity index (χ0n) is 22.0. The van der Waals surface area contributed by atoms with Gasteiger partial charge in [0.25, 0.3) is 11.8 Å². The molecule has 12 heteroatoms. The van der Waals surface area contributed by atoms with Crippen molar-refractivity contribution in [3.05, 3.63) is 94.3 Å². The first-order valence-corrected chi connectivity index (χ1v) is 16.2. The van der Waals surface area contributed by atoms with Crippen LogP contribution in [-0.4, -0.2) is 65.4 Å². The standard InChI is InChI=1S/C29H26N4O5S3/c1-29(25-7-4-16-40-25,31-27(35)20-10-8-19(9-11-20)24-6-3-15-39-24)28(36)32-14-12-22-26(32)23(34)18-33(22)41(37,38)21-5-2-13-30-17-21/h2-11,13,15-17,22,26H,12,14,18H2,1H3,(H,31,35). The fourth-order valence-corrected chi connectivity index (χ4v) is 8.71. The third kappa shape index (κ3) is 4.80. The Labute approximate surface area is 245 Å². The summed E-state index contributed by atoms with van der Waals surface area (Å²) in [6.07, 6.45) is 3.03. The molecule has 0 saturated carbocycles. The minimum atomic E-state index is -3.98. The molecule has 2 aliphatic heterocycles. The molecule has 1 N–H and O–H groups in total. The fraction of sp³-hybridized carbons (Fsp3) is 0.241. The number of pyridine rings is 1. The minimum Gasteiger partial charge on any atom is -0.333 e. The van der Waals surface area contributed by atoms with Gasteiger partial charge >= 0.3 is 0 Å². The Hall–Kier alpha value is -3.71. The molecule has 2 fully saturated rings. The zero-order chi connectivity index (χ0) is 28.8. The summed E-state index contributed by atoms with van der Waals surface area (Å²) in [5.41, 5.74) is -0.0872. The smallest absolute Gasteiger partial charge is 0.254 e. The molecule has 2 amide bonds. The Morgan fingerprint density at radius 2 is 1.78 bits per heavy atom. The van der Waals surface area contributed by atoms with E-state index in [1.54, 1.807) is 42.5 Å². The lowest BCUT2D eigenvalue weighted by atomic mass is 9.96. The van der Waals surface area contributed by atoms with Gasteiger partial charge in [0.15, 0.2) is 11.3 Å². The normalized spacial score (nSPS) is 20.5. The second kappa shape index (κ2) is 10.6. The summed E-state index contributed by atoms with van der Waals surface area (Å²) in [4.78, 5) is 48.0. The summed E-state index contributed by atoms with van der Waals surface area (Å²) >= 11 is 2.93. The number of sulfonamides is 1. The molecule has 3 aromatic heterocycles. The Balaban J connectivity index is 1.27. The first kappa shape index (κ1) is 27.5. The number of aromatic nitrogens is 1. The van der Waals surface area contributed by atoms with Gasteiger partial charge in [0.05, 0.1) is 12.6 Å². The number of thiophene rings is 2. The van der Waals surface area contributed by atoms with Crippen LogP contribution in [0.15, 0.2) is 88.7 Å². The van der Waals surface area contributed by atoms with Gasteiger partial charge in [-0.1, -0.05) is 24.3 Å². The number of fused-ring (bicyclic) bond motifs is 1. The third-order valence-electron chi connectivity index (χ3n) is 7.64. The van der Waals surface area contributed by atoms with Crippen molar-refractivity contribution in [1.82, 2.24) is 19.5 Å². The molecule has 41 heavy (non-hydrogen) atoms. The predicted molar refractivity (Wildman–Crippen MR) is 156 cm³/mol. The highest BCUT2D eigenvalue weighted by atomic mass is 32.2. The molecule has 3 unspecified atom stereocenters. The lowest BCUT2D eigenvalue weighted by molar-refractivity contribution is -0.141. The van der Waals surface area contributed by atoms with Crippen LogP contribution in [-0.2, 0) is 25.2 Å². The number of benzene rings is 1. The van der Waals surface area contributed by atoms with Crippen molar-refractivity contribution in [3.8, 4) is 10.4 Å². The van der Waals surface area contributed by atoms with E-state index in [1.165, 1.54) is 45.1 Å². The van der Waals surface area contributed by atoms with Crippen LogP contribution in [0, 0.1) is 0 Å². The fourth-order valence-electron chi connectivity index (χ4n) is 5.56. The van der Waals surface area contributed by atoms with Gasteiger partial charge in [-0.25, -0.2) is 8.42 Å². The summed E-state index contributed by atoms with van der Waals surface area (Å²) < 4.78 is 27.9. The molecule has 0 radical (unpaired) electrons. The number of carbonyl (C=O) groups is 3. The number of Topliss-reactive ketones (excluding diaryl/α,β-unsaturated/α-hetero) is 1. The highest BCUT2D eigenvalue weighted by Crippen LogP contribution is 2.37. The molecular formula is C29H26N4O5S3. The molecule has 0 aliphatic carbocycles. The molecule has 9 nitrogen and oxygen atoms in total. The maximum atomic E-state index is 14.2. The summed E-state index contributed by atoms with van der Waals surface area (Å²) in [6.45, 7) is 1.50. The molecule has 4 aromatic rings. The number of ketones is 1. The van der Waals surface area contributed by atoms with Crippen molar-refractivity contribution in [2.45, 2.75) is 35.9 Å². The van der Waals surface area contributed by atoms with E-state index in [9.17, 15) is 22.8 Å². The van der Waals surface area contributed by atoms with E-state index in [2.05, 4.69) is 10.3 Å². The second-order valence-corrected chi connectivity index (χ2v) is 13.9. The summed E-state index contributed by atoms with van der Waals surface area (Å²) in [6, 6.07) is 16.0. The number of nitrogens with zero attached hydrogens (tertiary/aromatic N) is 3. The Morgan fingerprint density at radius 3 is 2.44 bits per heavy atom. The molecule has 1 aromatic carbocycles. The van der Waals surface area contributed by atoms with E-state index >= 15 is 0 Å². The van der Waals surface area contributed by atoms with Gasteiger partial charge in [0, 0.05) is 34.3 Å². The molecule has 3 atom stereocenters. The Bertz CT molecular complexity index is 1690. The van der Waals surface area contributed by atoms with Crippen LogP contribution >= 0.6 is 22.7 Å². The first-order valence-electron chi connectivity index (χ1n) is 13.0. The number of rotatable bonds is 7. The zero-order valence-corrected chi connectivity index (χ0v) is 24.4. The number of nitrogens with one attached hydrogen (secondary N) is 1. The Morgan fingerprint density at radius 1 is 1.02 bits per heavy atom. The van der Waals surface area contributed by atoms with Crippen molar-refractivity contribution in [1.29, 1.82) is 0 Å². The molecule has 0 bridgehead atoms. The highest BCUT2D eigenvalue weighted by molar-refractivity contribution is 7.89. The quantitative estimate of drug-likeness (QED) is 0.343. The molecule has 2 saturated heterocycles. The van der Waals surface area contributed by atoms with Crippen molar-refractivity contribution >= 4 is 50.3 Å². The van der Waals surface area contributed by atoms with Crippen LogP contribution in [0.3, 0.4) is 0 Å². The van der Waals surface area contributed by atoms with Crippen molar-refractivity contribution in [2.75, 3.05) is 13.1 Å². The van der Waals surface area contributed by atoms with Crippen molar-refractivity contribution in [3.63, 3.8) is 0 Å². The number of likely N-dealkylation sites (tertiary alicyclic amines) is 1. The van der Waals surface area contributed by atoms with Crippen LogP contribution < -0.4 is 5.32 Å². The van der Waals surface area contributed by atoms with Crippen molar-refractivity contribution in [2.24, 2.45) is 0 Å². The molecule has 5 heterocycles. The monoisotopic (exact) mass is 606 g/mol. The lowest BCUT2D eigenvalue weighted by Gasteiger charge is -2.35. The van der Waals surface area contributed by atoms with Gasteiger partial charge in [-0.3, -0.25) is 19.4 Å². The van der Waals surface area contributed by atoms with E-state index in [-0.39, 0.29) is 23.8 Å². The van der Waals surface area contributed by atoms with Crippen LogP contribution in [0.25, 0.3) is 10.4 Å². The molecular weight excluding hydrogens is 581 g/mol. The van der Waals surface area contributed by atoms with E-state index < -0.39 is 39.5 Å². The van der Waals surface area contributed by atoms with Gasteiger partial charge in [-0.2, -0.15) is 4.31 Å². The topological polar surface area (TPSA) is 117 Å². The summed E-state index contributed by atoms with van der Waals surface area (Å²) in [5, 5.41) is 6.74. The van der Waals surface area contributed by atoms with Crippen LogP contribution in [0.1, 0.15) is 28.6 Å². The average molecular weight is 607 g/mol. The number of hydrogen-bond acceptors (Lipinski definition) is 8. The van der Waals surface area contributed by atoms with Crippen LogP contribution in [0.2, 0.25) is 0 Å². The number of carbonyl (C=O) groups excluding carboxylic acids is 3. The Kier molecular flexibility index (Phi) is 7.10. The summed E-state index contributed by atoms with van der Waals surface area (Å²) in [5.74, 6) is -1.23. The molecule has 2 aliphatic rings. The largest absolute Gasteiger partial charge is 0.333 e. The molecule has 6 rings (SSSR count). The third-order valence-corrected chi connectivity index (χ3v) is 11.5. The highest BCUT2D eigenvalue weighted by Gasteiger charge is 2.56. The lowest BCUT2D eigenvalue weighted by Crippen LogP contribution is -2.57. The van der Waals surface area contributed by atoms with Crippen LogP contribution in [0.5, 0.6) is 0 Å². The summed E-state index contributed by atoms with van der Waals surface area (Å²) in [7, 11) is -3.98. The van der Waals surface area contributed by atoms with Gasteiger partial charge in [-0.15, -0.1) is 22.7 Å².